The lowest BCUT2D eigenvalue weighted by atomic mass is 9.84. The maximum Gasteiger partial charge on any atom is 0.243 e. The molecule has 0 spiro atoms. The molecule has 1 heterocycles. The largest absolute Gasteiger partial charge is 0.338 e. The summed E-state index contributed by atoms with van der Waals surface area (Å²) in [6.07, 6.45) is 0. The molecule has 20 heavy (non-hydrogen) atoms. The monoisotopic (exact) mass is 277 g/mol. The van der Waals surface area contributed by atoms with E-state index in [-0.39, 0.29) is 17.8 Å². The molecule has 0 saturated carbocycles. The quantitative estimate of drug-likeness (QED) is 0.932. The molecule has 0 aliphatic rings. The Labute approximate surface area is 118 Å². The van der Waals surface area contributed by atoms with Gasteiger partial charge >= 0.3 is 0 Å². The van der Waals surface area contributed by atoms with E-state index in [0.717, 1.165) is 5.56 Å². The van der Waals surface area contributed by atoms with Gasteiger partial charge in [-0.1, -0.05) is 31.1 Å². The molecule has 0 bridgehead atoms. The molecule has 0 radical (unpaired) electrons. The Kier molecular flexibility index (Phi) is 3.90. The van der Waals surface area contributed by atoms with Gasteiger partial charge in [-0.2, -0.15) is 4.98 Å². The van der Waals surface area contributed by atoms with Gasteiger partial charge in [0.2, 0.25) is 5.89 Å². The van der Waals surface area contributed by atoms with Gasteiger partial charge in [0.1, 0.15) is 5.82 Å². The molecule has 0 unspecified atom stereocenters. The van der Waals surface area contributed by atoms with Crippen molar-refractivity contribution in [3.8, 4) is 0 Å². The van der Waals surface area contributed by atoms with Gasteiger partial charge in [0, 0.05) is 0 Å². The Morgan fingerprint density at radius 3 is 2.35 bits per heavy atom. The lowest BCUT2D eigenvalue weighted by Gasteiger charge is -2.20. The van der Waals surface area contributed by atoms with Gasteiger partial charge < -0.3 is 10.3 Å². The molecule has 0 aliphatic carbocycles. The number of nitrogens with two attached hydrogens (primary N) is 1. The van der Waals surface area contributed by atoms with Crippen LogP contribution in [0.1, 0.15) is 51.0 Å². The first-order valence-electron chi connectivity index (χ1n) is 6.68. The Morgan fingerprint density at radius 1 is 1.20 bits per heavy atom. The van der Waals surface area contributed by atoms with Gasteiger partial charge in [-0.05, 0) is 37.5 Å². The van der Waals surface area contributed by atoms with Crippen molar-refractivity contribution in [1.29, 1.82) is 0 Å². The van der Waals surface area contributed by atoms with E-state index in [2.05, 4.69) is 10.1 Å². The molecular weight excluding hydrogens is 257 g/mol. The first-order chi connectivity index (χ1) is 9.32. The zero-order chi connectivity index (χ0) is 14.9. The number of benzene rings is 1. The molecule has 1 aromatic heterocycles. The van der Waals surface area contributed by atoms with Crippen molar-refractivity contribution in [3.63, 3.8) is 0 Å². The van der Waals surface area contributed by atoms with Crippen molar-refractivity contribution in [1.82, 2.24) is 10.1 Å². The maximum absolute atomic E-state index is 13.0. The van der Waals surface area contributed by atoms with Crippen LogP contribution >= 0.6 is 0 Å². The van der Waals surface area contributed by atoms with Crippen molar-refractivity contribution in [3.05, 3.63) is 47.4 Å². The van der Waals surface area contributed by atoms with Crippen LogP contribution in [-0.2, 0) is 5.41 Å². The molecule has 0 aliphatic heterocycles. The first-order valence-corrected chi connectivity index (χ1v) is 6.68. The summed E-state index contributed by atoms with van der Waals surface area (Å²) in [6, 6.07) is 6.04. The van der Waals surface area contributed by atoms with Crippen molar-refractivity contribution < 1.29 is 8.91 Å². The highest BCUT2D eigenvalue weighted by Crippen LogP contribution is 2.30. The van der Waals surface area contributed by atoms with Crippen LogP contribution in [0.15, 0.2) is 28.8 Å². The minimum Gasteiger partial charge on any atom is -0.338 e. The SMILES string of the molecule is CC(C)[C@H](N)c1nc(C(C)(C)c2ccc(F)cc2)no1. The summed E-state index contributed by atoms with van der Waals surface area (Å²) in [6.45, 7) is 7.94. The zero-order valence-corrected chi connectivity index (χ0v) is 12.2. The van der Waals surface area contributed by atoms with Gasteiger partial charge in [0.25, 0.3) is 0 Å². The maximum atomic E-state index is 13.0. The summed E-state index contributed by atoms with van der Waals surface area (Å²) in [5.74, 6) is 0.942. The minimum absolute atomic E-state index is 0.220. The normalized spacial score (nSPS) is 13.8. The fraction of sp³-hybridized carbons (Fsp3) is 0.467. The number of nitrogens with zero attached hydrogens (tertiary/aromatic N) is 2. The molecule has 2 N–H and O–H groups in total. The third-order valence-corrected chi connectivity index (χ3v) is 3.57. The number of hydrogen-bond donors (Lipinski definition) is 1. The van der Waals surface area contributed by atoms with Gasteiger partial charge in [-0.15, -0.1) is 0 Å². The molecule has 0 saturated heterocycles. The second-order valence-electron chi connectivity index (χ2n) is 5.86. The van der Waals surface area contributed by atoms with Crippen LogP contribution in [0.4, 0.5) is 4.39 Å². The van der Waals surface area contributed by atoms with E-state index in [1.165, 1.54) is 12.1 Å². The summed E-state index contributed by atoms with van der Waals surface area (Å²) in [5, 5.41) is 4.03. The Hall–Kier alpha value is -1.75. The number of hydrogen-bond acceptors (Lipinski definition) is 4. The van der Waals surface area contributed by atoms with Crippen molar-refractivity contribution in [2.45, 2.75) is 39.2 Å². The van der Waals surface area contributed by atoms with E-state index in [1.54, 1.807) is 12.1 Å². The van der Waals surface area contributed by atoms with Gasteiger partial charge in [-0.3, -0.25) is 0 Å². The fourth-order valence-corrected chi connectivity index (χ4v) is 1.91. The topological polar surface area (TPSA) is 64.9 Å². The molecule has 0 fully saturated rings. The summed E-state index contributed by atoms with van der Waals surface area (Å²) in [4.78, 5) is 4.41. The van der Waals surface area contributed by atoms with Crippen LogP contribution in [-0.4, -0.2) is 10.1 Å². The predicted molar refractivity (Wildman–Crippen MR) is 74.6 cm³/mol. The van der Waals surface area contributed by atoms with Crippen LogP contribution in [0.25, 0.3) is 0 Å². The number of rotatable bonds is 4. The minimum atomic E-state index is -0.466. The second kappa shape index (κ2) is 5.32. The predicted octanol–water partition coefficient (Wildman–Crippen LogP) is 3.19. The third kappa shape index (κ3) is 2.72. The molecule has 1 aromatic carbocycles. The van der Waals surface area contributed by atoms with Crippen LogP contribution in [0, 0.1) is 11.7 Å². The molecule has 1 atom stereocenters. The fourth-order valence-electron chi connectivity index (χ4n) is 1.91. The number of halogens is 1. The van der Waals surface area contributed by atoms with E-state index >= 15 is 0 Å². The average Bonchev–Trinajstić information content (AvgIpc) is 2.88. The third-order valence-electron chi connectivity index (χ3n) is 3.57. The van der Waals surface area contributed by atoms with Crippen LogP contribution in [0.3, 0.4) is 0 Å². The molecular formula is C15H20FN3O. The second-order valence-corrected chi connectivity index (χ2v) is 5.86. The highest BCUT2D eigenvalue weighted by molar-refractivity contribution is 5.30. The summed E-state index contributed by atoms with van der Waals surface area (Å²) in [5.41, 5.74) is 6.46. The smallest absolute Gasteiger partial charge is 0.243 e. The average molecular weight is 277 g/mol. The van der Waals surface area contributed by atoms with E-state index in [1.807, 2.05) is 27.7 Å². The zero-order valence-electron chi connectivity index (χ0n) is 12.2. The van der Waals surface area contributed by atoms with Crippen LogP contribution in [0.5, 0.6) is 0 Å². The van der Waals surface area contributed by atoms with E-state index < -0.39 is 5.41 Å². The standard InChI is InChI=1S/C15H20FN3O/c1-9(2)12(17)13-18-14(19-20-13)15(3,4)10-5-7-11(16)8-6-10/h5-9,12H,17H2,1-4H3/t12-/m0/s1. The lowest BCUT2D eigenvalue weighted by molar-refractivity contribution is 0.319. The van der Waals surface area contributed by atoms with E-state index in [4.69, 9.17) is 10.3 Å². The molecule has 2 aromatic rings. The Balaban J connectivity index is 2.32. The van der Waals surface area contributed by atoms with E-state index in [9.17, 15) is 4.39 Å². The van der Waals surface area contributed by atoms with Gasteiger partial charge in [-0.25, -0.2) is 4.39 Å². The summed E-state index contributed by atoms with van der Waals surface area (Å²) < 4.78 is 18.3. The summed E-state index contributed by atoms with van der Waals surface area (Å²) in [7, 11) is 0. The first kappa shape index (κ1) is 14.7. The Morgan fingerprint density at radius 2 is 1.80 bits per heavy atom. The van der Waals surface area contributed by atoms with E-state index in [0.29, 0.717) is 11.7 Å². The molecule has 4 nitrogen and oxygen atoms in total. The highest BCUT2D eigenvalue weighted by Gasteiger charge is 2.30. The van der Waals surface area contributed by atoms with Gasteiger partial charge in [0.15, 0.2) is 5.82 Å². The van der Waals surface area contributed by atoms with Crippen molar-refractivity contribution in [2.24, 2.45) is 11.7 Å². The lowest BCUT2D eigenvalue weighted by Crippen LogP contribution is -2.22. The Bertz CT molecular complexity index is 575. The molecule has 0 amide bonds. The molecule has 5 heteroatoms. The molecule has 2 rings (SSSR count). The highest BCUT2D eigenvalue weighted by atomic mass is 19.1. The number of aromatic nitrogens is 2. The van der Waals surface area contributed by atoms with Crippen LogP contribution in [0.2, 0.25) is 0 Å². The van der Waals surface area contributed by atoms with Crippen molar-refractivity contribution in [2.75, 3.05) is 0 Å². The molecule has 108 valence electrons. The van der Waals surface area contributed by atoms with Gasteiger partial charge in [0.05, 0.1) is 11.5 Å². The van der Waals surface area contributed by atoms with Crippen molar-refractivity contribution >= 4 is 0 Å². The summed E-state index contributed by atoms with van der Waals surface area (Å²) >= 11 is 0. The van der Waals surface area contributed by atoms with Crippen LogP contribution < -0.4 is 5.73 Å².